The van der Waals surface area contributed by atoms with Gasteiger partial charge in [-0.15, -0.1) is 11.3 Å². The molecule has 4 nitrogen and oxygen atoms in total. The lowest BCUT2D eigenvalue weighted by Crippen LogP contribution is -2.52. The maximum Gasteiger partial charge on any atom is 0.279 e. The highest BCUT2D eigenvalue weighted by atomic mass is 35.5. The van der Waals surface area contributed by atoms with Crippen molar-refractivity contribution in [1.82, 2.24) is 16.2 Å². The van der Waals surface area contributed by atoms with Gasteiger partial charge in [-0.1, -0.05) is 23.7 Å². The second-order valence-corrected chi connectivity index (χ2v) is 7.88. The molecule has 0 radical (unpaired) electrons. The van der Waals surface area contributed by atoms with Crippen LogP contribution in [0.25, 0.3) is 10.4 Å². The minimum atomic E-state index is -0.228. The van der Waals surface area contributed by atoms with Crippen LogP contribution in [0.1, 0.15) is 30.4 Å². The Morgan fingerprint density at radius 1 is 1.09 bits per heavy atom. The lowest BCUT2D eigenvalue weighted by Gasteiger charge is -2.22. The van der Waals surface area contributed by atoms with E-state index < -0.39 is 0 Å². The van der Waals surface area contributed by atoms with Gasteiger partial charge in [-0.25, -0.2) is 0 Å². The summed E-state index contributed by atoms with van der Waals surface area (Å²) in [6, 6.07) is 11.2. The van der Waals surface area contributed by atoms with Crippen LogP contribution in [0.15, 0.2) is 36.4 Å². The Morgan fingerprint density at radius 2 is 1.74 bits per heavy atom. The number of carbonyl (C=O) groups excluding carboxylic acids is 1. The largest absolute Gasteiger partial charge is 0.357 e. The van der Waals surface area contributed by atoms with Crippen molar-refractivity contribution in [2.75, 3.05) is 0 Å². The van der Waals surface area contributed by atoms with E-state index in [1.54, 1.807) is 6.07 Å². The van der Waals surface area contributed by atoms with Gasteiger partial charge in [0, 0.05) is 15.4 Å². The first-order valence-electron chi connectivity index (χ1n) is 6.99. The molecule has 0 bridgehead atoms. The van der Waals surface area contributed by atoms with Gasteiger partial charge in [0.05, 0.1) is 4.88 Å². The first kappa shape index (κ1) is 17.7. The first-order valence-corrected chi connectivity index (χ1v) is 8.59. The van der Waals surface area contributed by atoms with Crippen LogP contribution in [0, 0.1) is 0 Å². The second-order valence-electron chi connectivity index (χ2n) is 5.95. The molecule has 1 heterocycles. The number of nitrogens with one attached hydrogen (secondary N) is 3. The molecule has 23 heavy (non-hydrogen) atoms. The Kier molecular flexibility index (Phi) is 5.62. The van der Waals surface area contributed by atoms with E-state index >= 15 is 0 Å². The number of thiocarbonyl (C=S) groups is 1. The number of carbonyl (C=O) groups is 1. The molecule has 0 fully saturated rings. The van der Waals surface area contributed by atoms with Crippen molar-refractivity contribution < 1.29 is 4.79 Å². The van der Waals surface area contributed by atoms with E-state index in [1.807, 2.05) is 51.1 Å². The van der Waals surface area contributed by atoms with E-state index in [0.29, 0.717) is 15.0 Å². The predicted octanol–water partition coefficient (Wildman–Crippen LogP) is 3.98. The van der Waals surface area contributed by atoms with Gasteiger partial charge in [-0.2, -0.15) is 0 Å². The van der Waals surface area contributed by atoms with Crippen molar-refractivity contribution >= 4 is 46.2 Å². The smallest absolute Gasteiger partial charge is 0.279 e. The molecule has 0 spiro atoms. The highest BCUT2D eigenvalue weighted by molar-refractivity contribution is 7.80. The molecule has 0 saturated carbocycles. The predicted molar refractivity (Wildman–Crippen MR) is 101 cm³/mol. The maximum absolute atomic E-state index is 12.1. The molecule has 0 aliphatic rings. The molecule has 0 atom stereocenters. The molecule has 1 amide bonds. The number of hydrogen-bond acceptors (Lipinski definition) is 3. The number of hydrogen-bond donors (Lipinski definition) is 3. The fraction of sp³-hybridized carbons (Fsp3) is 0.250. The van der Waals surface area contributed by atoms with E-state index in [-0.39, 0.29) is 11.4 Å². The van der Waals surface area contributed by atoms with Crippen LogP contribution in [0.3, 0.4) is 0 Å². The second kappa shape index (κ2) is 7.29. The van der Waals surface area contributed by atoms with E-state index in [0.717, 1.165) is 10.4 Å². The molecular weight excluding hydrogens is 350 g/mol. The minimum Gasteiger partial charge on any atom is -0.357 e. The summed E-state index contributed by atoms with van der Waals surface area (Å²) >= 11 is 12.4. The van der Waals surface area contributed by atoms with Gasteiger partial charge in [0.2, 0.25) is 0 Å². The zero-order valence-electron chi connectivity index (χ0n) is 13.1. The summed E-state index contributed by atoms with van der Waals surface area (Å²) in [5.41, 5.74) is 6.15. The standard InChI is InChI=1S/C16H18ClN3OS2/c1-16(2,3)18-15(22)20-19-14(21)13-9-8-12(23-13)10-4-6-11(17)7-5-10/h4-9H,1-3H3,(H,19,21)(H2,18,20,22). The summed E-state index contributed by atoms with van der Waals surface area (Å²) in [7, 11) is 0. The van der Waals surface area contributed by atoms with Gasteiger partial charge in [0.1, 0.15) is 0 Å². The minimum absolute atomic E-state index is 0.167. The Labute approximate surface area is 150 Å². The van der Waals surface area contributed by atoms with Crippen LogP contribution in [0.4, 0.5) is 0 Å². The molecule has 0 aliphatic carbocycles. The Balaban J connectivity index is 1.96. The van der Waals surface area contributed by atoms with Gasteiger partial charge < -0.3 is 5.32 Å². The van der Waals surface area contributed by atoms with Crippen LogP contribution in [0.2, 0.25) is 5.02 Å². The van der Waals surface area contributed by atoms with Crippen molar-refractivity contribution in [3.8, 4) is 10.4 Å². The molecule has 2 aromatic rings. The molecule has 122 valence electrons. The molecule has 1 aromatic heterocycles. The molecule has 0 aliphatic heterocycles. The Bertz CT molecular complexity index is 705. The number of amides is 1. The maximum atomic E-state index is 12.1. The molecular formula is C16H18ClN3OS2. The Hall–Kier alpha value is -1.63. The normalized spacial score (nSPS) is 11.0. The number of halogens is 1. The zero-order chi connectivity index (χ0) is 17.0. The van der Waals surface area contributed by atoms with Crippen molar-refractivity contribution in [2.45, 2.75) is 26.3 Å². The zero-order valence-corrected chi connectivity index (χ0v) is 15.5. The quantitative estimate of drug-likeness (QED) is 0.555. The van der Waals surface area contributed by atoms with Gasteiger partial charge >= 0.3 is 0 Å². The third-order valence-electron chi connectivity index (χ3n) is 2.74. The average molecular weight is 368 g/mol. The average Bonchev–Trinajstić information content (AvgIpc) is 2.93. The summed E-state index contributed by atoms with van der Waals surface area (Å²) in [5.74, 6) is -0.228. The summed E-state index contributed by atoms with van der Waals surface area (Å²) in [5, 5.41) is 4.12. The van der Waals surface area contributed by atoms with Crippen molar-refractivity contribution in [1.29, 1.82) is 0 Å². The number of hydrazine groups is 1. The highest BCUT2D eigenvalue weighted by Gasteiger charge is 2.13. The van der Waals surface area contributed by atoms with Crippen LogP contribution >= 0.6 is 35.2 Å². The molecule has 2 rings (SSSR count). The first-order chi connectivity index (χ1) is 10.7. The van der Waals surface area contributed by atoms with Gasteiger partial charge in [-0.05, 0) is 62.8 Å². The lowest BCUT2D eigenvalue weighted by molar-refractivity contribution is 0.0947. The monoisotopic (exact) mass is 367 g/mol. The van der Waals surface area contributed by atoms with Gasteiger partial charge in [0.15, 0.2) is 5.11 Å². The van der Waals surface area contributed by atoms with E-state index in [4.69, 9.17) is 23.8 Å². The number of thiophene rings is 1. The summed E-state index contributed by atoms with van der Waals surface area (Å²) < 4.78 is 0. The number of benzene rings is 1. The van der Waals surface area contributed by atoms with Gasteiger partial charge in [-0.3, -0.25) is 15.6 Å². The third-order valence-corrected chi connectivity index (χ3v) is 4.33. The SMILES string of the molecule is CC(C)(C)NC(=S)NNC(=O)c1ccc(-c2ccc(Cl)cc2)s1. The molecule has 0 unspecified atom stereocenters. The molecule has 7 heteroatoms. The van der Waals surface area contributed by atoms with Crippen molar-refractivity contribution in [2.24, 2.45) is 0 Å². The molecule has 1 aromatic carbocycles. The van der Waals surface area contributed by atoms with Gasteiger partial charge in [0.25, 0.3) is 5.91 Å². The van der Waals surface area contributed by atoms with E-state index in [9.17, 15) is 4.79 Å². The fourth-order valence-electron chi connectivity index (χ4n) is 1.78. The topological polar surface area (TPSA) is 53.2 Å². The lowest BCUT2D eigenvalue weighted by atomic mass is 10.1. The Morgan fingerprint density at radius 3 is 2.35 bits per heavy atom. The van der Waals surface area contributed by atoms with Crippen LogP contribution in [-0.2, 0) is 0 Å². The molecule has 3 N–H and O–H groups in total. The van der Waals surface area contributed by atoms with Crippen LogP contribution in [-0.4, -0.2) is 16.6 Å². The summed E-state index contributed by atoms with van der Waals surface area (Å²) in [6.07, 6.45) is 0. The fourth-order valence-corrected chi connectivity index (χ4v) is 3.17. The van der Waals surface area contributed by atoms with E-state index in [2.05, 4.69) is 16.2 Å². The molecule has 0 saturated heterocycles. The van der Waals surface area contributed by atoms with Crippen LogP contribution in [0.5, 0.6) is 0 Å². The summed E-state index contributed by atoms with van der Waals surface area (Å²) in [6.45, 7) is 5.96. The van der Waals surface area contributed by atoms with E-state index in [1.165, 1.54) is 11.3 Å². The van der Waals surface area contributed by atoms with Crippen molar-refractivity contribution in [3.63, 3.8) is 0 Å². The highest BCUT2D eigenvalue weighted by Crippen LogP contribution is 2.28. The number of rotatable bonds is 2. The van der Waals surface area contributed by atoms with Crippen LogP contribution < -0.4 is 16.2 Å². The summed E-state index contributed by atoms with van der Waals surface area (Å²) in [4.78, 5) is 13.7. The van der Waals surface area contributed by atoms with Crippen molar-refractivity contribution in [3.05, 3.63) is 46.3 Å². The third kappa shape index (κ3) is 5.49.